The van der Waals surface area contributed by atoms with Gasteiger partial charge >= 0.3 is 17.9 Å². The summed E-state index contributed by atoms with van der Waals surface area (Å²) < 4.78 is 9.69. The predicted octanol–water partition coefficient (Wildman–Crippen LogP) is 1.19. The molecule has 0 saturated carbocycles. The second kappa shape index (κ2) is 6.74. The van der Waals surface area contributed by atoms with Crippen LogP contribution in [0.1, 0.15) is 41.2 Å². The summed E-state index contributed by atoms with van der Waals surface area (Å²) in [7, 11) is 0. The Morgan fingerprint density at radius 2 is 1.90 bits per heavy atom. The molecule has 7 nitrogen and oxygen atoms in total. The van der Waals surface area contributed by atoms with Gasteiger partial charge in [-0.3, -0.25) is 9.59 Å². The van der Waals surface area contributed by atoms with Gasteiger partial charge in [-0.05, 0) is 25.0 Å². The summed E-state index contributed by atoms with van der Waals surface area (Å²) in [6.45, 7) is 4.65. The highest BCUT2D eigenvalue weighted by Crippen LogP contribution is 2.20. The smallest absolute Gasteiger partial charge is 0.352 e. The monoisotopic (exact) mass is 283 g/mol. The van der Waals surface area contributed by atoms with Gasteiger partial charge in [0.1, 0.15) is 12.3 Å². The van der Waals surface area contributed by atoms with Gasteiger partial charge < -0.3 is 19.6 Å². The molecule has 0 saturated heterocycles. The Morgan fingerprint density at radius 3 is 2.40 bits per heavy atom. The number of aromatic amines is 1. The second-order valence-electron chi connectivity index (χ2n) is 4.15. The topological polar surface area (TPSA) is 106 Å². The van der Waals surface area contributed by atoms with E-state index in [0.717, 1.165) is 0 Å². The van der Waals surface area contributed by atoms with Gasteiger partial charge in [0.05, 0.1) is 18.7 Å². The van der Waals surface area contributed by atoms with E-state index in [1.165, 1.54) is 6.92 Å². The molecule has 0 atom stereocenters. The molecular formula is C13H17NO6. The summed E-state index contributed by atoms with van der Waals surface area (Å²) in [5, 5.41) is 9.06. The Morgan fingerprint density at radius 1 is 1.25 bits per heavy atom. The summed E-state index contributed by atoms with van der Waals surface area (Å²) >= 11 is 0. The number of hydrogen-bond acceptors (Lipinski definition) is 5. The quantitative estimate of drug-likeness (QED) is 0.760. The largest absolute Gasteiger partial charge is 0.477 e. The number of carbonyl (C=O) groups is 3. The van der Waals surface area contributed by atoms with E-state index in [1.54, 1.807) is 13.8 Å². The van der Waals surface area contributed by atoms with E-state index in [-0.39, 0.29) is 25.3 Å². The van der Waals surface area contributed by atoms with Crippen molar-refractivity contribution in [3.63, 3.8) is 0 Å². The van der Waals surface area contributed by atoms with Crippen LogP contribution in [0.5, 0.6) is 0 Å². The minimum atomic E-state index is -1.14. The number of esters is 2. The molecule has 110 valence electrons. The summed E-state index contributed by atoms with van der Waals surface area (Å²) in [5.74, 6) is -2.09. The molecule has 1 aromatic heterocycles. The number of H-pyrrole nitrogens is 1. The molecule has 20 heavy (non-hydrogen) atoms. The first-order valence-corrected chi connectivity index (χ1v) is 6.09. The number of carboxylic acid groups (broad SMARTS) is 1. The molecule has 1 aromatic rings. The van der Waals surface area contributed by atoms with Crippen LogP contribution in [0.3, 0.4) is 0 Å². The molecule has 0 aliphatic heterocycles. The van der Waals surface area contributed by atoms with Crippen LogP contribution in [0.4, 0.5) is 0 Å². The zero-order valence-corrected chi connectivity index (χ0v) is 11.6. The maximum atomic E-state index is 11.5. The van der Waals surface area contributed by atoms with Crippen LogP contribution < -0.4 is 0 Å². The number of rotatable bonds is 6. The van der Waals surface area contributed by atoms with Crippen LogP contribution >= 0.6 is 0 Å². The molecule has 0 radical (unpaired) electrons. The zero-order chi connectivity index (χ0) is 15.3. The summed E-state index contributed by atoms with van der Waals surface area (Å²) in [6, 6.07) is 0. The molecule has 0 aliphatic rings. The van der Waals surface area contributed by atoms with Gasteiger partial charge in [-0.2, -0.15) is 0 Å². The number of carboxylic acids is 1. The van der Waals surface area contributed by atoms with Crippen molar-refractivity contribution in [1.29, 1.82) is 0 Å². The van der Waals surface area contributed by atoms with E-state index in [4.69, 9.17) is 14.6 Å². The maximum Gasteiger partial charge on any atom is 0.352 e. The maximum absolute atomic E-state index is 11.5. The highest BCUT2D eigenvalue weighted by atomic mass is 16.5. The van der Waals surface area contributed by atoms with Gasteiger partial charge in [-0.15, -0.1) is 0 Å². The molecule has 0 amide bonds. The van der Waals surface area contributed by atoms with Gasteiger partial charge in [0.25, 0.3) is 0 Å². The van der Waals surface area contributed by atoms with Crippen molar-refractivity contribution in [2.75, 3.05) is 6.61 Å². The third kappa shape index (κ3) is 3.84. The lowest BCUT2D eigenvalue weighted by Gasteiger charge is -2.06. The zero-order valence-electron chi connectivity index (χ0n) is 11.6. The first-order chi connectivity index (χ1) is 9.36. The molecule has 2 N–H and O–H groups in total. The average Bonchev–Trinajstić information content (AvgIpc) is 2.65. The van der Waals surface area contributed by atoms with Crippen molar-refractivity contribution in [2.45, 2.75) is 33.8 Å². The minimum Gasteiger partial charge on any atom is -0.477 e. The van der Waals surface area contributed by atoms with Crippen molar-refractivity contribution >= 4 is 17.9 Å². The average molecular weight is 283 g/mol. The Balaban J connectivity index is 3.06. The van der Waals surface area contributed by atoms with Crippen LogP contribution in [0.2, 0.25) is 0 Å². The van der Waals surface area contributed by atoms with E-state index >= 15 is 0 Å². The molecule has 1 heterocycles. The third-order valence-corrected chi connectivity index (χ3v) is 2.73. The fourth-order valence-corrected chi connectivity index (χ4v) is 1.80. The Labute approximate surface area is 115 Å². The molecule has 1 rings (SSSR count). The van der Waals surface area contributed by atoms with E-state index < -0.39 is 17.9 Å². The van der Waals surface area contributed by atoms with Crippen LogP contribution in [0, 0.1) is 6.92 Å². The molecule has 7 heteroatoms. The lowest BCUT2D eigenvalue weighted by molar-refractivity contribution is -0.142. The first-order valence-electron chi connectivity index (χ1n) is 6.09. The highest BCUT2D eigenvalue weighted by molar-refractivity contribution is 5.88. The van der Waals surface area contributed by atoms with Crippen molar-refractivity contribution in [2.24, 2.45) is 0 Å². The summed E-state index contributed by atoms with van der Waals surface area (Å²) in [5.41, 5.74) is 1.30. The van der Waals surface area contributed by atoms with E-state index in [1.807, 2.05) is 0 Å². The Kier molecular flexibility index (Phi) is 5.31. The predicted molar refractivity (Wildman–Crippen MR) is 68.3 cm³/mol. The number of nitrogens with one attached hydrogen (secondary N) is 1. The SMILES string of the molecule is CCOC(=O)Cc1c(COC(C)=O)[nH]c(C(=O)O)c1C. The lowest BCUT2D eigenvalue weighted by Crippen LogP contribution is -2.10. The lowest BCUT2D eigenvalue weighted by atomic mass is 10.1. The fraction of sp³-hybridized carbons (Fsp3) is 0.462. The Hall–Kier alpha value is -2.31. The normalized spacial score (nSPS) is 10.2. The van der Waals surface area contributed by atoms with Crippen LogP contribution in [-0.4, -0.2) is 34.6 Å². The number of aromatic carboxylic acids is 1. The standard InChI is InChI=1S/C13H17NO6/c1-4-19-11(16)5-9-7(2)12(13(17)18)14-10(9)6-20-8(3)15/h14H,4-6H2,1-3H3,(H,17,18). The minimum absolute atomic E-state index is 0.0218. The number of aromatic nitrogens is 1. The molecular weight excluding hydrogens is 266 g/mol. The molecule has 0 spiro atoms. The van der Waals surface area contributed by atoms with Crippen LogP contribution in [-0.2, 0) is 32.1 Å². The number of carbonyl (C=O) groups excluding carboxylic acids is 2. The van der Waals surface area contributed by atoms with Gasteiger partial charge in [-0.1, -0.05) is 0 Å². The molecule has 0 aromatic carbocycles. The number of ether oxygens (including phenoxy) is 2. The van der Waals surface area contributed by atoms with Crippen LogP contribution in [0.15, 0.2) is 0 Å². The van der Waals surface area contributed by atoms with Crippen molar-refractivity contribution in [1.82, 2.24) is 4.98 Å². The summed E-state index contributed by atoms with van der Waals surface area (Å²) in [4.78, 5) is 36.1. The first kappa shape index (κ1) is 15.7. The second-order valence-corrected chi connectivity index (χ2v) is 4.15. The summed E-state index contributed by atoms with van der Waals surface area (Å²) in [6.07, 6.45) is -0.0694. The molecule has 0 unspecified atom stereocenters. The van der Waals surface area contributed by atoms with E-state index in [9.17, 15) is 14.4 Å². The van der Waals surface area contributed by atoms with Crippen molar-refractivity contribution in [3.05, 3.63) is 22.5 Å². The van der Waals surface area contributed by atoms with Crippen molar-refractivity contribution < 1.29 is 29.0 Å². The van der Waals surface area contributed by atoms with E-state index in [0.29, 0.717) is 16.8 Å². The third-order valence-electron chi connectivity index (χ3n) is 2.73. The molecule has 0 aliphatic carbocycles. The van der Waals surface area contributed by atoms with Gasteiger partial charge in [0, 0.05) is 6.92 Å². The van der Waals surface area contributed by atoms with Gasteiger partial charge in [0.2, 0.25) is 0 Å². The van der Waals surface area contributed by atoms with Gasteiger partial charge in [-0.25, -0.2) is 4.79 Å². The van der Waals surface area contributed by atoms with Crippen molar-refractivity contribution in [3.8, 4) is 0 Å². The van der Waals surface area contributed by atoms with Crippen LogP contribution in [0.25, 0.3) is 0 Å². The fourth-order valence-electron chi connectivity index (χ4n) is 1.80. The Bertz CT molecular complexity index is 531. The van der Waals surface area contributed by atoms with E-state index in [2.05, 4.69) is 4.98 Å². The molecule has 0 fully saturated rings. The van der Waals surface area contributed by atoms with Gasteiger partial charge in [0.15, 0.2) is 0 Å². The molecule has 0 bridgehead atoms. The highest BCUT2D eigenvalue weighted by Gasteiger charge is 2.21. The number of hydrogen-bond donors (Lipinski definition) is 2.